The Morgan fingerprint density at radius 3 is 1.92 bits per heavy atom. The lowest BCUT2D eigenvalue weighted by Gasteiger charge is -2.21. The Hall–Kier alpha value is -2.09. The monoisotopic (exact) mass is 324 g/mol. The first-order valence-corrected chi connectivity index (χ1v) is 8.49. The van der Waals surface area contributed by atoms with Crippen LogP contribution in [0.25, 0.3) is 0 Å². The number of aryl methyl sites for hydroxylation is 3. The predicted octanol–water partition coefficient (Wildman–Crippen LogP) is 5.32. The Morgan fingerprint density at radius 1 is 1.00 bits per heavy atom. The fourth-order valence-electron chi connectivity index (χ4n) is 3.30. The predicted molar refractivity (Wildman–Crippen MR) is 99.9 cm³/mol. The van der Waals surface area contributed by atoms with Gasteiger partial charge in [0.2, 0.25) is 0 Å². The molecule has 2 rings (SSSR count). The van der Waals surface area contributed by atoms with Crippen LogP contribution in [-0.2, 0) is 16.6 Å². The number of carboxylic acids is 1. The summed E-state index contributed by atoms with van der Waals surface area (Å²) in [6.07, 6.45) is 0.530. The number of carboxylic acid groups (broad SMARTS) is 1. The van der Waals surface area contributed by atoms with E-state index in [0.29, 0.717) is 6.42 Å². The summed E-state index contributed by atoms with van der Waals surface area (Å²) in [5.74, 6) is -1.28. The zero-order valence-electron chi connectivity index (χ0n) is 15.6. The minimum absolute atomic E-state index is 0.0708. The van der Waals surface area contributed by atoms with E-state index in [9.17, 15) is 9.90 Å². The Bertz CT molecular complexity index is 711. The fraction of sp³-hybridized carbons (Fsp3) is 0.409. The van der Waals surface area contributed by atoms with Crippen LogP contribution in [0.5, 0.6) is 0 Å². The Kier molecular flexibility index (Phi) is 5.17. The summed E-state index contributed by atoms with van der Waals surface area (Å²) in [6, 6.07) is 12.3. The molecule has 0 bridgehead atoms. The minimum Gasteiger partial charge on any atom is -0.481 e. The number of aliphatic carboxylic acids is 1. The second kappa shape index (κ2) is 6.80. The van der Waals surface area contributed by atoms with Crippen LogP contribution in [0.15, 0.2) is 36.4 Å². The van der Waals surface area contributed by atoms with Crippen LogP contribution in [0, 0.1) is 20.8 Å². The zero-order chi connectivity index (χ0) is 18.1. The SMILES string of the molecule is Cc1cc(C)c(CC(C(=O)O)c2ccc(C(C)(C)C)cc2)c(C)c1. The first-order chi connectivity index (χ1) is 11.1. The van der Waals surface area contributed by atoms with Crippen LogP contribution in [0.1, 0.15) is 60.1 Å². The van der Waals surface area contributed by atoms with Gasteiger partial charge < -0.3 is 5.11 Å². The van der Waals surface area contributed by atoms with Gasteiger partial charge in [-0.2, -0.15) is 0 Å². The van der Waals surface area contributed by atoms with Crippen molar-refractivity contribution in [1.82, 2.24) is 0 Å². The van der Waals surface area contributed by atoms with Crippen molar-refractivity contribution in [3.8, 4) is 0 Å². The third-order valence-electron chi connectivity index (χ3n) is 4.73. The van der Waals surface area contributed by atoms with Gasteiger partial charge in [-0.3, -0.25) is 4.79 Å². The number of benzene rings is 2. The molecule has 2 nitrogen and oxygen atoms in total. The Morgan fingerprint density at radius 2 is 1.50 bits per heavy atom. The van der Waals surface area contributed by atoms with Crippen molar-refractivity contribution in [2.24, 2.45) is 0 Å². The number of rotatable bonds is 4. The molecule has 0 aliphatic heterocycles. The van der Waals surface area contributed by atoms with E-state index in [4.69, 9.17) is 0 Å². The van der Waals surface area contributed by atoms with Gasteiger partial charge in [-0.05, 0) is 60.4 Å². The molecule has 0 fully saturated rings. The van der Waals surface area contributed by atoms with E-state index in [0.717, 1.165) is 11.1 Å². The summed E-state index contributed by atoms with van der Waals surface area (Å²) in [4.78, 5) is 11.9. The van der Waals surface area contributed by atoms with E-state index >= 15 is 0 Å². The number of hydrogen-bond donors (Lipinski definition) is 1. The first kappa shape index (κ1) is 18.3. The highest BCUT2D eigenvalue weighted by atomic mass is 16.4. The first-order valence-electron chi connectivity index (χ1n) is 8.49. The van der Waals surface area contributed by atoms with Crippen LogP contribution in [-0.4, -0.2) is 11.1 Å². The van der Waals surface area contributed by atoms with Crippen molar-refractivity contribution in [2.45, 2.75) is 59.3 Å². The zero-order valence-corrected chi connectivity index (χ0v) is 15.6. The van der Waals surface area contributed by atoms with E-state index in [1.54, 1.807) is 0 Å². The van der Waals surface area contributed by atoms with Gasteiger partial charge in [0.1, 0.15) is 0 Å². The molecule has 0 radical (unpaired) electrons. The maximum absolute atomic E-state index is 11.9. The summed E-state index contributed by atoms with van der Waals surface area (Å²) >= 11 is 0. The van der Waals surface area contributed by atoms with Crippen molar-refractivity contribution >= 4 is 5.97 Å². The molecule has 0 aliphatic rings. The normalized spacial score (nSPS) is 12.9. The minimum atomic E-state index is -0.766. The Labute approximate surface area is 145 Å². The van der Waals surface area contributed by atoms with Gasteiger partial charge in [-0.15, -0.1) is 0 Å². The third-order valence-corrected chi connectivity index (χ3v) is 4.73. The van der Waals surface area contributed by atoms with Crippen molar-refractivity contribution in [3.05, 3.63) is 69.8 Å². The maximum atomic E-state index is 11.9. The largest absolute Gasteiger partial charge is 0.481 e. The maximum Gasteiger partial charge on any atom is 0.311 e. The molecule has 2 aromatic carbocycles. The van der Waals surface area contributed by atoms with E-state index in [1.165, 1.54) is 22.3 Å². The molecule has 0 aliphatic carbocycles. The molecule has 0 heterocycles. The highest BCUT2D eigenvalue weighted by Crippen LogP contribution is 2.28. The summed E-state index contributed by atoms with van der Waals surface area (Å²) in [5.41, 5.74) is 6.87. The molecular formula is C22H28O2. The van der Waals surface area contributed by atoms with E-state index in [2.05, 4.69) is 65.8 Å². The molecule has 1 atom stereocenters. The second-order valence-corrected chi connectivity index (χ2v) is 7.84. The van der Waals surface area contributed by atoms with Crippen LogP contribution in [0.3, 0.4) is 0 Å². The molecule has 1 unspecified atom stereocenters. The second-order valence-electron chi connectivity index (χ2n) is 7.84. The summed E-state index contributed by atoms with van der Waals surface area (Å²) in [5, 5.41) is 9.75. The topological polar surface area (TPSA) is 37.3 Å². The smallest absolute Gasteiger partial charge is 0.311 e. The molecule has 1 N–H and O–H groups in total. The number of carbonyl (C=O) groups is 1. The molecule has 24 heavy (non-hydrogen) atoms. The summed E-state index contributed by atoms with van der Waals surface area (Å²) < 4.78 is 0. The van der Waals surface area contributed by atoms with Crippen LogP contribution in [0.4, 0.5) is 0 Å². The lowest BCUT2D eigenvalue weighted by molar-refractivity contribution is -0.138. The fourth-order valence-corrected chi connectivity index (χ4v) is 3.30. The molecule has 2 heteroatoms. The van der Waals surface area contributed by atoms with Crippen LogP contribution >= 0.6 is 0 Å². The highest BCUT2D eigenvalue weighted by molar-refractivity contribution is 5.76. The molecule has 0 amide bonds. The molecule has 0 aromatic heterocycles. The van der Waals surface area contributed by atoms with Crippen LogP contribution in [0.2, 0.25) is 0 Å². The lowest BCUT2D eigenvalue weighted by Crippen LogP contribution is -2.17. The van der Waals surface area contributed by atoms with Gasteiger partial charge in [0.15, 0.2) is 0 Å². The molecule has 0 saturated carbocycles. The summed E-state index contributed by atoms with van der Waals surface area (Å²) in [6.45, 7) is 12.7. The van der Waals surface area contributed by atoms with Gasteiger partial charge in [-0.1, -0.05) is 62.7 Å². The van der Waals surface area contributed by atoms with Crippen molar-refractivity contribution in [3.63, 3.8) is 0 Å². The molecular weight excluding hydrogens is 296 g/mol. The lowest BCUT2D eigenvalue weighted by atomic mass is 9.83. The van der Waals surface area contributed by atoms with Crippen molar-refractivity contribution in [1.29, 1.82) is 0 Å². The third kappa shape index (κ3) is 4.05. The Balaban J connectivity index is 2.36. The average Bonchev–Trinajstić information content (AvgIpc) is 2.45. The standard InChI is InChI=1S/C22H28O2/c1-14-11-15(2)19(16(3)12-14)13-20(21(23)24)17-7-9-18(10-8-17)22(4,5)6/h7-12,20H,13H2,1-6H3,(H,23,24). The van der Waals surface area contributed by atoms with Gasteiger partial charge in [0.05, 0.1) is 5.92 Å². The van der Waals surface area contributed by atoms with Crippen molar-refractivity contribution < 1.29 is 9.90 Å². The quantitative estimate of drug-likeness (QED) is 0.826. The van der Waals surface area contributed by atoms with Gasteiger partial charge in [0, 0.05) is 0 Å². The molecule has 0 saturated heterocycles. The summed E-state index contributed by atoms with van der Waals surface area (Å²) in [7, 11) is 0. The number of hydrogen-bond acceptors (Lipinski definition) is 1. The van der Waals surface area contributed by atoms with E-state index in [1.807, 2.05) is 12.1 Å². The molecule has 2 aromatic rings. The van der Waals surface area contributed by atoms with Gasteiger partial charge >= 0.3 is 5.97 Å². The molecule has 0 spiro atoms. The van der Waals surface area contributed by atoms with E-state index in [-0.39, 0.29) is 5.41 Å². The average molecular weight is 324 g/mol. The highest BCUT2D eigenvalue weighted by Gasteiger charge is 2.23. The van der Waals surface area contributed by atoms with E-state index < -0.39 is 11.9 Å². The van der Waals surface area contributed by atoms with Crippen molar-refractivity contribution in [2.75, 3.05) is 0 Å². The van der Waals surface area contributed by atoms with Gasteiger partial charge in [0.25, 0.3) is 0 Å². The molecule has 128 valence electrons. The van der Waals surface area contributed by atoms with Gasteiger partial charge in [-0.25, -0.2) is 0 Å². The van der Waals surface area contributed by atoms with Crippen LogP contribution < -0.4 is 0 Å².